The van der Waals surface area contributed by atoms with E-state index in [2.05, 4.69) is 35.7 Å². The molecule has 0 atom stereocenters. The largest absolute Gasteiger partial charge is 0.497 e. The summed E-state index contributed by atoms with van der Waals surface area (Å²) in [5.74, 6) is 1.76. The van der Waals surface area contributed by atoms with E-state index in [-0.39, 0.29) is 0 Å². The zero-order valence-electron chi connectivity index (χ0n) is 12.4. The summed E-state index contributed by atoms with van der Waals surface area (Å²) in [6.45, 7) is 0. The first-order valence-corrected chi connectivity index (χ1v) is 8.53. The van der Waals surface area contributed by atoms with Crippen LogP contribution in [0.25, 0.3) is 11.0 Å². The van der Waals surface area contributed by atoms with Gasteiger partial charge in [-0.15, -0.1) is 0 Å². The lowest BCUT2D eigenvalue weighted by atomic mass is 10.2. The first-order valence-electron chi connectivity index (χ1n) is 6.83. The van der Waals surface area contributed by atoms with Crippen LogP contribution in [-0.2, 0) is 0 Å². The maximum absolute atomic E-state index is 5.20. The molecule has 22 heavy (non-hydrogen) atoms. The van der Waals surface area contributed by atoms with Crippen LogP contribution in [0, 0.1) is 0 Å². The van der Waals surface area contributed by atoms with E-state index >= 15 is 0 Å². The predicted octanol–water partition coefficient (Wildman–Crippen LogP) is 5.48. The third-order valence-electron chi connectivity index (χ3n) is 3.27. The molecule has 0 saturated heterocycles. The number of rotatable bonds is 4. The molecule has 0 spiro atoms. The smallest absolute Gasteiger partial charge is 0.118 e. The van der Waals surface area contributed by atoms with Crippen LogP contribution in [0.15, 0.2) is 58.2 Å². The quantitative estimate of drug-likeness (QED) is 0.739. The number of ether oxygens (including phenoxy) is 2. The van der Waals surface area contributed by atoms with E-state index in [0.29, 0.717) is 0 Å². The topological polar surface area (TPSA) is 18.5 Å². The van der Waals surface area contributed by atoms with Gasteiger partial charge in [-0.1, -0.05) is 47.8 Å². The molecule has 0 radical (unpaired) electrons. The van der Waals surface area contributed by atoms with Gasteiger partial charge in [-0.25, -0.2) is 0 Å². The van der Waals surface area contributed by atoms with Gasteiger partial charge in [0.05, 0.1) is 14.2 Å². The lowest BCUT2D eigenvalue weighted by Gasteiger charge is -2.04. The molecule has 0 amide bonds. The SMILES string of the molecule is COc1ccc(/C=C2/SC=C(c3ccc(OC)cc3)S2)cc1. The van der Waals surface area contributed by atoms with E-state index < -0.39 is 0 Å². The highest BCUT2D eigenvalue weighted by atomic mass is 32.2. The first kappa shape index (κ1) is 15.1. The van der Waals surface area contributed by atoms with Gasteiger partial charge >= 0.3 is 0 Å². The molecule has 0 saturated carbocycles. The maximum atomic E-state index is 5.20. The van der Waals surface area contributed by atoms with Crippen LogP contribution in [0.2, 0.25) is 0 Å². The average Bonchev–Trinajstić information content (AvgIpc) is 3.04. The fourth-order valence-electron chi connectivity index (χ4n) is 2.05. The Balaban J connectivity index is 1.70. The van der Waals surface area contributed by atoms with Gasteiger partial charge in [0.15, 0.2) is 0 Å². The molecule has 2 aromatic carbocycles. The Morgan fingerprint density at radius 1 is 0.818 bits per heavy atom. The third kappa shape index (κ3) is 3.51. The van der Waals surface area contributed by atoms with Crippen LogP contribution in [0.1, 0.15) is 11.1 Å². The first-order chi connectivity index (χ1) is 10.8. The Bertz CT molecular complexity index is 701. The van der Waals surface area contributed by atoms with Crippen LogP contribution < -0.4 is 9.47 Å². The summed E-state index contributed by atoms with van der Waals surface area (Å²) in [5.41, 5.74) is 2.40. The zero-order valence-corrected chi connectivity index (χ0v) is 14.0. The van der Waals surface area contributed by atoms with Crippen molar-refractivity contribution in [2.24, 2.45) is 0 Å². The molecule has 0 aromatic heterocycles. The summed E-state index contributed by atoms with van der Waals surface area (Å²) >= 11 is 3.55. The summed E-state index contributed by atoms with van der Waals surface area (Å²) < 4.78 is 11.7. The van der Waals surface area contributed by atoms with Crippen LogP contribution in [0.3, 0.4) is 0 Å². The van der Waals surface area contributed by atoms with E-state index in [1.54, 1.807) is 37.7 Å². The van der Waals surface area contributed by atoms with E-state index in [0.717, 1.165) is 11.5 Å². The Hall–Kier alpha value is -1.78. The van der Waals surface area contributed by atoms with Crippen LogP contribution in [0.5, 0.6) is 11.5 Å². The summed E-state index contributed by atoms with van der Waals surface area (Å²) in [6.07, 6.45) is 2.20. The van der Waals surface area contributed by atoms with Crippen LogP contribution in [-0.4, -0.2) is 14.2 Å². The number of methoxy groups -OCH3 is 2. The van der Waals surface area contributed by atoms with Crippen LogP contribution >= 0.6 is 23.5 Å². The molecule has 0 fully saturated rings. The number of benzene rings is 2. The molecule has 0 unspecified atom stereocenters. The minimum Gasteiger partial charge on any atom is -0.497 e. The van der Waals surface area contributed by atoms with Gasteiger partial charge in [0.1, 0.15) is 11.5 Å². The third-order valence-corrected chi connectivity index (χ3v) is 5.55. The van der Waals surface area contributed by atoms with Crippen molar-refractivity contribution in [2.45, 2.75) is 0 Å². The van der Waals surface area contributed by atoms with E-state index in [4.69, 9.17) is 9.47 Å². The highest BCUT2D eigenvalue weighted by molar-refractivity contribution is 8.31. The van der Waals surface area contributed by atoms with Crippen molar-refractivity contribution < 1.29 is 9.47 Å². The highest BCUT2D eigenvalue weighted by Gasteiger charge is 2.13. The van der Waals surface area contributed by atoms with E-state index in [1.165, 1.54) is 20.3 Å². The monoisotopic (exact) mass is 328 g/mol. The Morgan fingerprint density at radius 3 is 2.00 bits per heavy atom. The molecule has 1 aliphatic heterocycles. The Labute approximate surface area is 139 Å². The van der Waals surface area contributed by atoms with Gasteiger partial charge < -0.3 is 9.47 Å². The number of hydrogen-bond donors (Lipinski definition) is 0. The van der Waals surface area contributed by atoms with Crippen LogP contribution in [0.4, 0.5) is 0 Å². The maximum Gasteiger partial charge on any atom is 0.118 e. The van der Waals surface area contributed by atoms with Crippen molar-refractivity contribution in [1.82, 2.24) is 0 Å². The van der Waals surface area contributed by atoms with Gasteiger partial charge in [0, 0.05) is 9.14 Å². The predicted molar refractivity (Wildman–Crippen MR) is 97.1 cm³/mol. The Kier molecular flexibility index (Phi) is 4.80. The molecular weight excluding hydrogens is 312 g/mol. The molecule has 3 rings (SSSR count). The second-order valence-corrected chi connectivity index (χ2v) is 6.92. The molecule has 1 aliphatic rings. The van der Waals surface area contributed by atoms with Gasteiger partial charge in [-0.3, -0.25) is 0 Å². The minimum atomic E-state index is 0.880. The lowest BCUT2D eigenvalue weighted by Crippen LogP contribution is -1.83. The minimum absolute atomic E-state index is 0.880. The fraction of sp³-hybridized carbons (Fsp3) is 0.111. The molecule has 0 bridgehead atoms. The lowest BCUT2D eigenvalue weighted by molar-refractivity contribution is 0.414. The molecule has 4 heteroatoms. The average molecular weight is 328 g/mol. The van der Waals surface area contributed by atoms with Crippen molar-refractivity contribution >= 4 is 34.5 Å². The summed E-state index contributed by atoms with van der Waals surface area (Å²) in [5, 5.41) is 2.20. The van der Waals surface area contributed by atoms with E-state index in [9.17, 15) is 0 Å². The summed E-state index contributed by atoms with van der Waals surface area (Å²) in [7, 11) is 3.37. The van der Waals surface area contributed by atoms with Gasteiger partial charge in [-0.2, -0.15) is 0 Å². The van der Waals surface area contributed by atoms with Crippen molar-refractivity contribution in [2.75, 3.05) is 14.2 Å². The number of hydrogen-bond acceptors (Lipinski definition) is 4. The number of thioether (sulfide) groups is 2. The molecule has 112 valence electrons. The van der Waals surface area contributed by atoms with Gasteiger partial charge in [-0.05, 0) is 46.9 Å². The molecule has 2 aromatic rings. The Morgan fingerprint density at radius 2 is 1.41 bits per heavy atom. The molecular formula is C18H16O2S2. The molecule has 2 nitrogen and oxygen atoms in total. The molecule has 1 heterocycles. The standard InChI is InChI=1S/C18H16O2S2/c1-19-15-7-3-13(4-8-15)11-18-21-12-17(22-18)14-5-9-16(20-2)10-6-14/h3-12H,1-2H3/b18-11-. The second-order valence-electron chi connectivity index (χ2n) is 4.67. The van der Waals surface area contributed by atoms with Crippen molar-refractivity contribution in [3.05, 3.63) is 69.3 Å². The van der Waals surface area contributed by atoms with Crippen molar-refractivity contribution in [3.8, 4) is 11.5 Å². The molecule has 0 aliphatic carbocycles. The van der Waals surface area contributed by atoms with Gasteiger partial charge in [0.2, 0.25) is 0 Å². The highest BCUT2D eigenvalue weighted by Crippen LogP contribution is 2.49. The van der Waals surface area contributed by atoms with Gasteiger partial charge in [0.25, 0.3) is 0 Å². The second kappa shape index (κ2) is 6.99. The summed E-state index contributed by atoms with van der Waals surface area (Å²) in [6, 6.07) is 16.3. The fourth-order valence-corrected chi connectivity index (χ4v) is 4.22. The van der Waals surface area contributed by atoms with Crippen molar-refractivity contribution in [3.63, 3.8) is 0 Å². The molecule has 0 N–H and O–H groups in total. The zero-order chi connectivity index (χ0) is 15.4. The summed E-state index contributed by atoms with van der Waals surface area (Å²) in [4.78, 5) is 1.27. The van der Waals surface area contributed by atoms with E-state index in [1.807, 2.05) is 24.3 Å². The normalized spacial score (nSPS) is 15.7. The van der Waals surface area contributed by atoms with Crippen molar-refractivity contribution in [1.29, 1.82) is 0 Å².